The molecule has 5 heteroatoms. The van der Waals surface area contributed by atoms with Crippen molar-refractivity contribution in [3.63, 3.8) is 0 Å². The van der Waals surface area contributed by atoms with Crippen molar-refractivity contribution in [3.05, 3.63) is 72.5 Å². The summed E-state index contributed by atoms with van der Waals surface area (Å²) >= 11 is 0. The van der Waals surface area contributed by atoms with E-state index < -0.39 is 14.3 Å². The smallest absolute Gasteiger partial charge is 0.372 e. The summed E-state index contributed by atoms with van der Waals surface area (Å²) < 4.78 is 17.1. The first-order valence-electron chi connectivity index (χ1n) is 9.56. The van der Waals surface area contributed by atoms with Crippen molar-refractivity contribution in [1.29, 1.82) is 0 Å². The predicted octanol–water partition coefficient (Wildman–Crippen LogP) is 3.27. The Kier molecular flexibility index (Phi) is 6.06. The van der Waals surface area contributed by atoms with E-state index >= 15 is 0 Å². The molecule has 0 amide bonds. The monoisotopic (exact) mass is 396 g/mol. The lowest BCUT2D eigenvalue weighted by Crippen LogP contribution is -2.66. The van der Waals surface area contributed by atoms with Crippen molar-refractivity contribution in [1.82, 2.24) is 0 Å². The average Bonchev–Trinajstić information content (AvgIpc) is 3.17. The molecule has 0 N–H and O–H groups in total. The second-order valence-corrected chi connectivity index (χ2v) is 12.4. The van der Waals surface area contributed by atoms with Gasteiger partial charge in [0.2, 0.25) is 5.76 Å². The second-order valence-electron chi connectivity index (χ2n) is 8.07. The van der Waals surface area contributed by atoms with Crippen LogP contribution in [0.3, 0.4) is 0 Å². The Morgan fingerprint density at radius 3 is 2.04 bits per heavy atom. The maximum absolute atomic E-state index is 11.7. The first-order chi connectivity index (χ1) is 13.4. The van der Waals surface area contributed by atoms with E-state index in [1.54, 1.807) is 0 Å². The summed E-state index contributed by atoms with van der Waals surface area (Å²) in [6.45, 7) is 7.68. The summed E-state index contributed by atoms with van der Waals surface area (Å²) in [6, 6.07) is 21.0. The summed E-state index contributed by atoms with van der Waals surface area (Å²) in [5.41, 5.74) is 0. The topological polar surface area (TPSA) is 44.8 Å². The standard InChI is InChI=1S/C23H28O4Si/c1-23(2,3)28(19-11-7-5-8-12-19,20-13-9-6-10-14-20)27-17-18-15-21(26-16-18)22(24)25-4/h5-15,18H,16-17H2,1-4H3/t18-/m1/s1. The second kappa shape index (κ2) is 8.33. The van der Waals surface area contributed by atoms with Gasteiger partial charge in [0.1, 0.15) is 0 Å². The molecule has 0 fully saturated rings. The molecule has 148 valence electrons. The van der Waals surface area contributed by atoms with E-state index in [1.807, 2.05) is 18.2 Å². The number of rotatable bonds is 6. The van der Waals surface area contributed by atoms with Gasteiger partial charge in [-0.1, -0.05) is 81.4 Å². The van der Waals surface area contributed by atoms with E-state index in [4.69, 9.17) is 13.9 Å². The molecule has 0 saturated heterocycles. The van der Waals surface area contributed by atoms with Crippen LogP contribution in [0.25, 0.3) is 0 Å². The molecule has 1 atom stereocenters. The van der Waals surface area contributed by atoms with Gasteiger partial charge in [-0.25, -0.2) is 4.79 Å². The van der Waals surface area contributed by atoms with Crippen LogP contribution in [0.1, 0.15) is 20.8 Å². The van der Waals surface area contributed by atoms with E-state index in [0.717, 1.165) is 0 Å². The van der Waals surface area contributed by atoms with Gasteiger partial charge in [-0.05, 0) is 21.5 Å². The number of esters is 1. The summed E-state index contributed by atoms with van der Waals surface area (Å²) in [5.74, 6) is -0.137. The van der Waals surface area contributed by atoms with Crippen molar-refractivity contribution in [2.45, 2.75) is 25.8 Å². The van der Waals surface area contributed by atoms with Gasteiger partial charge in [-0.3, -0.25) is 0 Å². The highest BCUT2D eigenvalue weighted by Gasteiger charge is 2.50. The number of ether oxygens (including phenoxy) is 2. The van der Waals surface area contributed by atoms with E-state index in [-0.39, 0.29) is 16.7 Å². The van der Waals surface area contributed by atoms with Gasteiger partial charge in [0.15, 0.2) is 0 Å². The molecule has 1 heterocycles. The molecule has 3 rings (SSSR count). The van der Waals surface area contributed by atoms with E-state index in [0.29, 0.717) is 13.2 Å². The van der Waals surface area contributed by atoms with Crippen molar-refractivity contribution < 1.29 is 18.7 Å². The molecule has 2 aromatic carbocycles. The third-order valence-corrected chi connectivity index (χ3v) is 10.2. The maximum Gasteiger partial charge on any atom is 0.372 e. The van der Waals surface area contributed by atoms with Crippen molar-refractivity contribution in [2.75, 3.05) is 20.3 Å². The predicted molar refractivity (Wildman–Crippen MR) is 113 cm³/mol. The van der Waals surface area contributed by atoms with Crippen LogP contribution in [0, 0.1) is 5.92 Å². The number of carbonyl (C=O) groups excluding carboxylic acids is 1. The highest BCUT2D eigenvalue weighted by molar-refractivity contribution is 6.99. The van der Waals surface area contributed by atoms with Crippen molar-refractivity contribution in [2.24, 2.45) is 5.92 Å². The fourth-order valence-corrected chi connectivity index (χ4v) is 8.44. The largest absolute Gasteiger partial charge is 0.486 e. The fourth-order valence-electron chi connectivity index (χ4n) is 3.82. The molecule has 0 unspecified atom stereocenters. The first-order valence-corrected chi connectivity index (χ1v) is 11.5. The zero-order valence-corrected chi connectivity index (χ0v) is 18.0. The lowest BCUT2D eigenvalue weighted by molar-refractivity contribution is -0.139. The molecule has 1 aliphatic rings. The summed E-state index contributed by atoms with van der Waals surface area (Å²) in [5, 5.41) is 2.40. The van der Waals surface area contributed by atoms with Crippen LogP contribution in [0.15, 0.2) is 72.5 Å². The van der Waals surface area contributed by atoms with Crippen LogP contribution >= 0.6 is 0 Å². The molecule has 28 heavy (non-hydrogen) atoms. The van der Waals surface area contributed by atoms with Gasteiger partial charge in [0.25, 0.3) is 8.32 Å². The zero-order valence-electron chi connectivity index (χ0n) is 17.0. The average molecular weight is 397 g/mol. The van der Waals surface area contributed by atoms with Crippen LogP contribution in [0.5, 0.6) is 0 Å². The Balaban J connectivity index is 1.98. The van der Waals surface area contributed by atoms with Gasteiger partial charge in [-0.15, -0.1) is 0 Å². The molecule has 2 aromatic rings. The Morgan fingerprint density at radius 1 is 1.04 bits per heavy atom. The third-order valence-electron chi connectivity index (χ3n) is 5.16. The van der Waals surface area contributed by atoms with Gasteiger partial charge >= 0.3 is 5.97 Å². The Labute approximate surface area is 168 Å². The minimum atomic E-state index is -2.58. The molecule has 0 radical (unpaired) electrons. The number of hydrogen-bond donors (Lipinski definition) is 0. The zero-order chi connectivity index (χ0) is 20.2. The summed E-state index contributed by atoms with van der Waals surface area (Å²) in [6.07, 6.45) is 1.82. The van der Waals surface area contributed by atoms with E-state index in [9.17, 15) is 4.79 Å². The summed E-state index contributed by atoms with van der Waals surface area (Å²) in [7, 11) is -1.22. The van der Waals surface area contributed by atoms with Crippen molar-refractivity contribution in [3.8, 4) is 0 Å². The number of hydrogen-bond acceptors (Lipinski definition) is 4. The Hall–Kier alpha value is -2.37. The molecule has 0 bridgehead atoms. The van der Waals surface area contributed by atoms with Crippen LogP contribution in [0.2, 0.25) is 5.04 Å². The fraction of sp³-hybridized carbons (Fsp3) is 0.348. The number of benzene rings is 2. The van der Waals surface area contributed by atoms with Gasteiger partial charge in [0, 0.05) is 12.5 Å². The number of methoxy groups -OCH3 is 1. The third kappa shape index (κ3) is 3.91. The SMILES string of the molecule is COC(=O)C1=C[C@@H](CO[Si](c2ccccc2)(c2ccccc2)C(C)(C)C)CO1. The molecule has 0 spiro atoms. The minimum Gasteiger partial charge on any atom is -0.486 e. The van der Waals surface area contributed by atoms with Gasteiger partial charge in [-0.2, -0.15) is 0 Å². The Morgan fingerprint density at radius 2 is 1.57 bits per heavy atom. The maximum atomic E-state index is 11.7. The lowest BCUT2D eigenvalue weighted by atomic mass is 10.2. The van der Waals surface area contributed by atoms with Crippen molar-refractivity contribution >= 4 is 24.7 Å². The summed E-state index contributed by atoms with van der Waals surface area (Å²) in [4.78, 5) is 11.7. The van der Waals surface area contributed by atoms with E-state index in [1.165, 1.54) is 17.5 Å². The first kappa shape index (κ1) is 20.4. The minimum absolute atomic E-state index is 0.0238. The highest BCUT2D eigenvalue weighted by Crippen LogP contribution is 2.37. The van der Waals surface area contributed by atoms with Crippen LogP contribution in [-0.4, -0.2) is 34.6 Å². The molecule has 0 saturated carbocycles. The normalized spacial score (nSPS) is 17.0. The van der Waals surface area contributed by atoms with Crippen LogP contribution in [0.4, 0.5) is 0 Å². The number of carbonyl (C=O) groups is 1. The molecular weight excluding hydrogens is 368 g/mol. The molecule has 0 aliphatic carbocycles. The van der Waals surface area contributed by atoms with Gasteiger partial charge in [0.05, 0.1) is 13.7 Å². The van der Waals surface area contributed by atoms with E-state index in [2.05, 4.69) is 69.3 Å². The lowest BCUT2D eigenvalue weighted by Gasteiger charge is -2.43. The van der Waals surface area contributed by atoms with Crippen LogP contribution in [-0.2, 0) is 18.7 Å². The molecule has 4 nitrogen and oxygen atoms in total. The van der Waals surface area contributed by atoms with Gasteiger partial charge < -0.3 is 13.9 Å². The molecular formula is C23H28O4Si. The Bertz CT molecular complexity index is 785. The highest BCUT2D eigenvalue weighted by atomic mass is 28.4. The van der Waals surface area contributed by atoms with Crippen LogP contribution < -0.4 is 10.4 Å². The quantitative estimate of drug-likeness (QED) is 0.555. The molecule has 0 aromatic heterocycles. The molecule has 1 aliphatic heterocycles.